The molecule has 0 spiro atoms. The molecule has 0 unspecified atom stereocenters. The van der Waals surface area contributed by atoms with E-state index in [4.69, 9.17) is 4.74 Å². The maximum absolute atomic E-state index is 13.5. The summed E-state index contributed by atoms with van der Waals surface area (Å²) >= 11 is 1.11. The molecule has 22 heavy (non-hydrogen) atoms. The van der Waals surface area contributed by atoms with Gasteiger partial charge in [-0.1, -0.05) is 12.1 Å². The molecule has 0 fully saturated rings. The van der Waals surface area contributed by atoms with E-state index in [-0.39, 0.29) is 11.7 Å². The van der Waals surface area contributed by atoms with E-state index in [2.05, 4.69) is 14.1 Å². The summed E-state index contributed by atoms with van der Waals surface area (Å²) < 4.78 is 27.0. The van der Waals surface area contributed by atoms with Gasteiger partial charge in [-0.2, -0.15) is 8.75 Å². The molecule has 3 rings (SSSR count). The first-order valence-electron chi connectivity index (χ1n) is 6.58. The first-order valence-corrected chi connectivity index (χ1v) is 7.31. The molecule has 0 aliphatic rings. The van der Waals surface area contributed by atoms with Crippen LogP contribution < -0.4 is 10.1 Å². The highest BCUT2D eigenvalue weighted by Crippen LogP contribution is 2.19. The predicted molar refractivity (Wildman–Crippen MR) is 82.5 cm³/mol. The fourth-order valence-electron chi connectivity index (χ4n) is 1.89. The molecule has 1 aromatic heterocycles. The second kappa shape index (κ2) is 6.07. The van der Waals surface area contributed by atoms with Crippen LogP contribution >= 0.6 is 11.7 Å². The first kappa shape index (κ1) is 14.4. The van der Waals surface area contributed by atoms with Gasteiger partial charge in [0.05, 0.1) is 11.7 Å². The van der Waals surface area contributed by atoms with Crippen LogP contribution in [0.1, 0.15) is 6.92 Å². The lowest BCUT2D eigenvalue weighted by Crippen LogP contribution is -2.30. The number of ether oxygens (including phenoxy) is 1. The Hall–Kier alpha value is -2.54. The predicted octanol–water partition coefficient (Wildman–Crippen LogP) is 3.24. The van der Waals surface area contributed by atoms with Crippen LogP contribution in [0.3, 0.4) is 0 Å². The maximum atomic E-state index is 13.5. The van der Waals surface area contributed by atoms with Crippen LogP contribution in [0, 0.1) is 5.82 Å². The molecule has 0 saturated carbocycles. The number of benzene rings is 2. The molecule has 112 valence electrons. The van der Waals surface area contributed by atoms with Gasteiger partial charge >= 0.3 is 0 Å². The van der Waals surface area contributed by atoms with Crippen molar-refractivity contribution in [2.45, 2.75) is 13.0 Å². The van der Waals surface area contributed by atoms with Gasteiger partial charge in [-0.25, -0.2) is 4.39 Å². The molecule has 1 N–H and O–H groups in total. The lowest BCUT2D eigenvalue weighted by atomic mass is 10.2. The number of carbonyl (C=O) groups is 1. The molecular weight excluding hydrogens is 305 g/mol. The van der Waals surface area contributed by atoms with E-state index in [1.807, 2.05) is 0 Å². The van der Waals surface area contributed by atoms with Crippen LogP contribution in [0.5, 0.6) is 5.75 Å². The van der Waals surface area contributed by atoms with E-state index < -0.39 is 11.9 Å². The highest BCUT2D eigenvalue weighted by atomic mass is 32.1. The number of nitrogens with zero attached hydrogens (tertiary/aromatic N) is 2. The van der Waals surface area contributed by atoms with Gasteiger partial charge in [-0.05, 0) is 37.3 Å². The van der Waals surface area contributed by atoms with Gasteiger partial charge in [0.15, 0.2) is 17.7 Å². The van der Waals surface area contributed by atoms with Crippen LogP contribution in [-0.4, -0.2) is 20.8 Å². The number of anilines is 1. The molecule has 2 aromatic carbocycles. The summed E-state index contributed by atoms with van der Waals surface area (Å²) in [4.78, 5) is 12.1. The van der Waals surface area contributed by atoms with Crippen molar-refractivity contribution in [1.82, 2.24) is 8.75 Å². The minimum atomic E-state index is -0.832. The van der Waals surface area contributed by atoms with Crippen LogP contribution in [0.15, 0.2) is 42.5 Å². The molecule has 1 amide bonds. The number of para-hydroxylation sites is 1. The molecule has 0 saturated heterocycles. The largest absolute Gasteiger partial charge is 0.478 e. The van der Waals surface area contributed by atoms with Crippen molar-refractivity contribution < 1.29 is 13.9 Å². The molecular formula is C15H12FN3O2S. The van der Waals surface area contributed by atoms with E-state index in [1.54, 1.807) is 37.3 Å². The maximum Gasteiger partial charge on any atom is 0.265 e. The summed E-state index contributed by atoms with van der Waals surface area (Å²) in [7, 11) is 0. The third kappa shape index (κ3) is 3.04. The summed E-state index contributed by atoms with van der Waals surface area (Å²) in [5.41, 5.74) is 2.08. The fraction of sp³-hybridized carbons (Fsp3) is 0.133. The van der Waals surface area contributed by atoms with E-state index in [9.17, 15) is 9.18 Å². The highest BCUT2D eigenvalue weighted by molar-refractivity contribution is 7.00. The van der Waals surface area contributed by atoms with Crippen LogP contribution in [0.4, 0.5) is 10.1 Å². The summed E-state index contributed by atoms with van der Waals surface area (Å²) in [6, 6.07) is 11.2. The molecule has 5 nitrogen and oxygen atoms in total. The van der Waals surface area contributed by atoms with Gasteiger partial charge in [0.25, 0.3) is 5.91 Å². The van der Waals surface area contributed by atoms with Gasteiger partial charge in [-0.3, -0.25) is 4.79 Å². The van der Waals surface area contributed by atoms with E-state index in [0.29, 0.717) is 11.2 Å². The molecule has 0 radical (unpaired) electrons. The average Bonchev–Trinajstić information content (AvgIpc) is 2.97. The Morgan fingerprint density at radius 1 is 1.23 bits per heavy atom. The average molecular weight is 317 g/mol. The van der Waals surface area contributed by atoms with Crippen molar-refractivity contribution in [3.05, 3.63) is 48.3 Å². The number of aromatic nitrogens is 2. The number of rotatable bonds is 4. The topological polar surface area (TPSA) is 64.1 Å². The second-order valence-corrected chi connectivity index (χ2v) is 5.18. The van der Waals surface area contributed by atoms with Gasteiger partial charge in [0.1, 0.15) is 11.0 Å². The van der Waals surface area contributed by atoms with Gasteiger partial charge in [-0.15, -0.1) is 0 Å². The zero-order chi connectivity index (χ0) is 15.5. The van der Waals surface area contributed by atoms with E-state index >= 15 is 0 Å². The molecule has 1 atom stereocenters. The van der Waals surface area contributed by atoms with Crippen molar-refractivity contribution in [1.29, 1.82) is 0 Å². The number of hydrogen-bond donors (Lipinski definition) is 1. The Labute approximate surface area is 130 Å². The monoisotopic (exact) mass is 317 g/mol. The number of carbonyl (C=O) groups excluding carboxylic acids is 1. The van der Waals surface area contributed by atoms with Crippen molar-refractivity contribution >= 4 is 34.4 Å². The third-order valence-electron chi connectivity index (χ3n) is 3.03. The third-order valence-corrected chi connectivity index (χ3v) is 3.59. The normalized spacial score (nSPS) is 12.1. The van der Waals surface area contributed by atoms with Gasteiger partial charge < -0.3 is 10.1 Å². The van der Waals surface area contributed by atoms with Crippen LogP contribution in [0.2, 0.25) is 0 Å². The second-order valence-electron chi connectivity index (χ2n) is 4.65. The highest BCUT2D eigenvalue weighted by Gasteiger charge is 2.16. The van der Waals surface area contributed by atoms with Gasteiger partial charge in [0, 0.05) is 5.69 Å². The Morgan fingerprint density at radius 3 is 2.82 bits per heavy atom. The molecule has 0 aliphatic carbocycles. The molecule has 7 heteroatoms. The van der Waals surface area contributed by atoms with E-state index in [0.717, 1.165) is 17.2 Å². The van der Waals surface area contributed by atoms with E-state index in [1.165, 1.54) is 12.1 Å². The van der Waals surface area contributed by atoms with Crippen LogP contribution in [-0.2, 0) is 4.79 Å². The van der Waals surface area contributed by atoms with Gasteiger partial charge in [0.2, 0.25) is 0 Å². The lowest BCUT2D eigenvalue weighted by Gasteiger charge is -2.15. The van der Waals surface area contributed by atoms with Crippen molar-refractivity contribution in [2.75, 3.05) is 5.32 Å². The number of nitrogens with one attached hydrogen (secondary N) is 1. The summed E-state index contributed by atoms with van der Waals surface area (Å²) in [6.45, 7) is 1.56. The molecule has 1 heterocycles. The smallest absolute Gasteiger partial charge is 0.265 e. The summed E-state index contributed by atoms with van der Waals surface area (Å²) in [5, 5.41) is 2.71. The standard InChI is InChI=1S/C15H12FN3O2S/c1-9(21-14-5-3-2-4-11(14)16)15(20)17-10-6-7-12-13(8-10)19-22-18-12/h2-9H,1H3,(H,17,20)/t9-/m1/s1. The zero-order valence-electron chi connectivity index (χ0n) is 11.6. The van der Waals surface area contributed by atoms with Crippen molar-refractivity contribution in [3.8, 4) is 5.75 Å². The molecule has 0 bridgehead atoms. The summed E-state index contributed by atoms with van der Waals surface area (Å²) in [5.74, 6) is -0.827. The fourth-order valence-corrected chi connectivity index (χ4v) is 2.41. The van der Waals surface area contributed by atoms with Crippen LogP contribution in [0.25, 0.3) is 11.0 Å². The Morgan fingerprint density at radius 2 is 2.00 bits per heavy atom. The lowest BCUT2D eigenvalue weighted by molar-refractivity contribution is -0.122. The van der Waals surface area contributed by atoms with Crippen molar-refractivity contribution in [3.63, 3.8) is 0 Å². The zero-order valence-corrected chi connectivity index (χ0v) is 12.4. The summed E-state index contributed by atoms with van der Waals surface area (Å²) in [6.07, 6.45) is -0.832. The number of amides is 1. The SMILES string of the molecule is C[C@@H](Oc1ccccc1F)C(=O)Nc1ccc2nsnc2c1. The minimum Gasteiger partial charge on any atom is -0.478 e. The molecule has 0 aliphatic heterocycles. The number of fused-ring (bicyclic) bond motifs is 1. The molecule has 3 aromatic rings. The Kier molecular flexibility index (Phi) is 3.97. The Balaban J connectivity index is 1.69. The minimum absolute atomic E-state index is 0.0457. The quantitative estimate of drug-likeness (QED) is 0.802. The first-order chi connectivity index (χ1) is 10.6. The number of hydrogen-bond acceptors (Lipinski definition) is 5. The Bertz CT molecular complexity index is 821. The number of halogens is 1. The van der Waals surface area contributed by atoms with Crippen molar-refractivity contribution in [2.24, 2.45) is 0 Å².